The smallest absolute Gasteiger partial charge is 0.150 e. The Morgan fingerprint density at radius 1 is 1.41 bits per heavy atom. The minimum atomic E-state index is 0.534. The summed E-state index contributed by atoms with van der Waals surface area (Å²) in [6.45, 7) is 0.534. The van der Waals surface area contributed by atoms with Crippen molar-refractivity contribution in [2.45, 2.75) is 6.54 Å². The molecule has 0 atom stereocenters. The van der Waals surface area contributed by atoms with Gasteiger partial charge in [-0.05, 0) is 33.6 Å². The first-order valence-corrected chi connectivity index (χ1v) is 6.00. The molecule has 2 N–H and O–H groups in total. The van der Waals surface area contributed by atoms with Crippen LogP contribution in [0, 0.1) is 0 Å². The molecule has 0 unspecified atom stereocenters. The third-order valence-corrected chi connectivity index (χ3v) is 3.06. The Hall–Kier alpha value is -1.46. The van der Waals surface area contributed by atoms with Gasteiger partial charge in [0.1, 0.15) is 6.33 Å². The fraction of sp³-hybridized carbons (Fsp3) is 0.167. The minimum Gasteiger partial charge on any atom is -0.328 e. The lowest BCUT2D eigenvalue weighted by atomic mass is 10.2. The molecule has 0 saturated carbocycles. The van der Waals surface area contributed by atoms with Gasteiger partial charge in [0.05, 0.1) is 4.47 Å². The van der Waals surface area contributed by atoms with E-state index in [1.807, 2.05) is 30.1 Å². The van der Waals surface area contributed by atoms with Crippen LogP contribution in [-0.2, 0) is 6.54 Å². The van der Waals surface area contributed by atoms with E-state index in [1.165, 1.54) is 6.33 Å². The monoisotopic (exact) mass is 292 g/mol. The highest BCUT2D eigenvalue weighted by atomic mass is 79.9. The maximum absolute atomic E-state index is 5.63. The summed E-state index contributed by atoms with van der Waals surface area (Å²) in [6.07, 6.45) is 3.26. The van der Waals surface area contributed by atoms with Crippen molar-refractivity contribution in [2.24, 2.45) is 5.73 Å². The van der Waals surface area contributed by atoms with Gasteiger partial charge in [-0.1, -0.05) is 12.1 Å². The second kappa shape index (κ2) is 5.25. The number of benzene rings is 1. The largest absolute Gasteiger partial charge is 0.328 e. The van der Waals surface area contributed by atoms with E-state index in [4.69, 9.17) is 5.73 Å². The molecule has 0 spiro atoms. The number of nitrogens with two attached hydrogens (primary N) is 1. The Morgan fingerprint density at radius 3 is 2.94 bits per heavy atom. The number of rotatable bonds is 3. The molecule has 0 saturated heterocycles. The zero-order chi connectivity index (χ0) is 12.3. The van der Waals surface area contributed by atoms with E-state index in [9.17, 15) is 0 Å². The molecule has 0 bridgehead atoms. The van der Waals surface area contributed by atoms with Crippen molar-refractivity contribution in [2.75, 3.05) is 11.9 Å². The molecule has 0 aliphatic rings. The van der Waals surface area contributed by atoms with Crippen molar-refractivity contribution in [3.05, 3.63) is 46.8 Å². The molecule has 0 amide bonds. The summed E-state index contributed by atoms with van der Waals surface area (Å²) in [5.41, 5.74) is 7.78. The van der Waals surface area contributed by atoms with Crippen LogP contribution in [0.15, 0.2) is 41.3 Å². The average molecular weight is 293 g/mol. The van der Waals surface area contributed by atoms with E-state index in [-0.39, 0.29) is 0 Å². The van der Waals surface area contributed by atoms with Crippen molar-refractivity contribution >= 4 is 27.4 Å². The first kappa shape index (κ1) is 12.0. The molecule has 4 nitrogen and oxygen atoms in total. The van der Waals surface area contributed by atoms with Crippen LogP contribution < -0.4 is 10.6 Å². The summed E-state index contributed by atoms with van der Waals surface area (Å²) in [6, 6.07) is 8.07. The number of halogens is 1. The highest BCUT2D eigenvalue weighted by Gasteiger charge is 2.09. The Morgan fingerprint density at radius 2 is 2.24 bits per heavy atom. The lowest BCUT2D eigenvalue weighted by molar-refractivity contribution is 1.04. The van der Waals surface area contributed by atoms with Crippen molar-refractivity contribution in [3.8, 4) is 0 Å². The second-order valence-corrected chi connectivity index (χ2v) is 4.48. The molecule has 1 heterocycles. The van der Waals surface area contributed by atoms with Gasteiger partial charge in [-0.15, -0.1) is 0 Å². The van der Waals surface area contributed by atoms with Gasteiger partial charge >= 0.3 is 0 Å². The average Bonchev–Trinajstić information content (AvgIpc) is 2.38. The quantitative estimate of drug-likeness (QED) is 0.944. The predicted molar refractivity (Wildman–Crippen MR) is 72.1 cm³/mol. The van der Waals surface area contributed by atoms with Gasteiger partial charge in [0, 0.05) is 25.5 Å². The molecule has 2 aromatic rings. The number of hydrogen-bond donors (Lipinski definition) is 1. The van der Waals surface area contributed by atoms with E-state index < -0.39 is 0 Å². The number of anilines is 2. The summed E-state index contributed by atoms with van der Waals surface area (Å²) in [5, 5.41) is 0. The summed E-state index contributed by atoms with van der Waals surface area (Å²) >= 11 is 3.44. The first-order chi connectivity index (χ1) is 8.22. The maximum Gasteiger partial charge on any atom is 0.150 e. The van der Waals surface area contributed by atoms with Crippen LogP contribution >= 0.6 is 15.9 Å². The zero-order valence-electron chi connectivity index (χ0n) is 9.47. The van der Waals surface area contributed by atoms with Gasteiger partial charge in [0.25, 0.3) is 0 Å². The summed E-state index contributed by atoms with van der Waals surface area (Å²) in [4.78, 5) is 10.2. The predicted octanol–water partition coefficient (Wildman–Crippen LogP) is 2.47. The molecular weight excluding hydrogens is 280 g/mol. The number of nitrogens with zero attached hydrogens (tertiary/aromatic N) is 3. The van der Waals surface area contributed by atoms with Crippen LogP contribution in [0.5, 0.6) is 0 Å². The fourth-order valence-electron chi connectivity index (χ4n) is 1.57. The van der Waals surface area contributed by atoms with Crippen molar-refractivity contribution in [3.63, 3.8) is 0 Å². The van der Waals surface area contributed by atoms with Gasteiger partial charge in [-0.2, -0.15) is 0 Å². The maximum atomic E-state index is 5.63. The molecule has 17 heavy (non-hydrogen) atoms. The van der Waals surface area contributed by atoms with E-state index in [0.29, 0.717) is 6.54 Å². The molecule has 0 aliphatic heterocycles. The van der Waals surface area contributed by atoms with E-state index in [0.717, 1.165) is 21.5 Å². The third-order valence-electron chi connectivity index (χ3n) is 2.50. The van der Waals surface area contributed by atoms with Gasteiger partial charge in [-0.25, -0.2) is 9.97 Å². The number of hydrogen-bond acceptors (Lipinski definition) is 4. The second-order valence-electron chi connectivity index (χ2n) is 3.63. The van der Waals surface area contributed by atoms with Crippen LogP contribution in [-0.4, -0.2) is 17.0 Å². The van der Waals surface area contributed by atoms with Gasteiger partial charge in [0.15, 0.2) is 5.82 Å². The van der Waals surface area contributed by atoms with E-state index >= 15 is 0 Å². The highest BCUT2D eigenvalue weighted by molar-refractivity contribution is 9.10. The molecule has 5 heteroatoms. The molecule has 0 radical (unpaired) electrons. The summed E-state index contributed by atoms with van der Waals surface area (Å²) < 4.78 is 0.862. The Labute approximate surface area is 109 Å². The molecule has 1 aromatic heterocycles. The molecule has 2 rings (SSSR count). The fourth-order valence-corrected chi connectivity index (χ4v) is 2.05. The summed E-state index contributed by atoms with van der Waals surface area (Å²) in [7, 11) is 1.96. The molecule has 1 aromatic carbocycles. The Bertz CT molecular complexity index is 515. The third kappa shape index (κ3) is 2.62. The lowest BCUT2D eigenvalue weighted by Gasteiger charge is -2.19. The first-order valence-electron chi connectivity index (χ1n) is 5.20. The standard InChI is InChI=1S/C12H13BrN4/c1-17(12-11(13)7-15-8-16-12)10-4-2-3-9(5-10)6-14/h2-5,7-8H,6,14H2,1H3. The van der Waals surface area contributed by atoms with Gasteiger partial charge in [-0.3, -0.25) is 0 Å². The minimum absolute atomic E-state index is 0.534. The van der Waals surface area contributed by atoms with Crippen molar-refractivity contribution < 1.29 is 0 Å². The summed E-state index contributed by atoms with van der Waals surface area (Å²) in [5.74, 6) is 0.828. The van der Waals surface area contributed by atoms with Crippen LogP contribution in [0.3, 0.4) is 0 Å². The lowest BCUT2D eigenvalue weighted by Crippen LogP contribution is -2.12. The highest BCUT2D eigenvalue weighted by Crippen LogP contribution is 2.27. The van der Waals surface area contributed by atoms with Crippen molar-refractivity contribution in [1.82, 2.24) is 9.97 Å². The normalized spacial score (nSPS) is 10.3. The van der Waals surface area contributed by atoms with Crippen LogP contribution in [0.1, 0.15) is 5.56 Å². The topological polar surface area (TPSA) is 55.0 Å². The van der Waals surface area contributed by atoms with Crippen LogP contribution in [0.25, 0.3) is 0 Å². The SMILES string of the molecule is CN(c1cccc(CN)c1)c1ncncc1Br. The number of aromatic nitrogens is 2. The zero-order valence-corrected chi connectivity index (χ0v) is 11.1. The molecule has 88 valence electrons. The van der Waals surface area contributed by atoms with E-state index in [2.05, 4.69) is 32.0 Å². The van der Waals surface area contributed by atoms with Gasteiger partial charge < -0.3 is 10.6 Å². The van der Waals surface area contributed by atoms with Crippen LogP contribution in [0.4, 0.5) is 11.5 Å². The van der Waals surface area contributed by atoms with Crippen LogP contribution in [0.2, 0.25) is 0 Å². The van der Waals surface area contributed by atoms with E-state index in [1.54, 1.807) is 6.20 Å². The molecule has 0 aliphatic carbocycles. The Kier molecular flexibility index (Phi) is 3.71. The molecular formula is C12H13BrN4. The molecule has 0 fully saturated rings. The Balaban J connectivity index is 2.37. The van der Waals surface area contributed by atoms with Crippen molar-refractivity contribution in [1.29, 1.82) is 0 Å². The van der Waals surface area contributed by atoms with Gasteiger partial charge in [0.2, 0.25) is 0 Å².